The van der Waals surface area contributed by atoms with Gasteiger partial charge in [-0.15, -0.1) is 0 Å². The fraction of sp³-hybridized carbons (Fsp3) is 0.368. The molecule has 0 aromatic heterocycles. The highest BCUT2D eigenvalue weighted by Crippen LogP contribution is 2.27. The Morgan fingerprint density at radius 3 is 2.43 bits per heavy atom. The topological polar surface area (TPSA) is 21.3 Å². The Kier molecular flexibility index (Phi) is 5.82. The number of ether oxygens (including phenoxy) is 1. The lowest BCUT2D eigenvalue weighted by atomic mass is 9.97. The summed E-state index contributed by atoms with van der Waals surface area (Å²) in [5.74, 6) is 0.957. The molecule has 0 saturated heterocycles. The summed E-state index contributed by atoms with van der Waals surface area (Å²) in [5, 5.41) is 3.64. The van der Waals surface area contributed by atoms with Gasteiger partial charge < -0.3 is 10.1 Å². The van der Waals surface area contributed by atoms with E-state index >= 15 is 0 Å². The van der Waals surface area contributed by atoms with Crippen molar-refractivity contribution in [2.45, 2.75) is 32.7 Å². The minimum Gasteiger partial charge on any atom is -0.496 e. The third kappa shape index (κ3) is 4.33. The molecule has 0 radical (unpaired) electrons. The van der Waals surface area contributed by atoms with Gasteiger partial charge in [0.2, 0.25) is 0 Å². The number of methoxy groups -OCH3 is 1. The molecular weight excluding hydrogens is 258 g/mol. The van der Waals surface area contributed by atoms with E-state index in [4.69, 9.17) is 4.74 Å². The summed E-state index contributed by atoms with van der Waals surface area (Å²) < 4.78 is 5.52. The number of rotatable bonds is 7. The number of aryl methyl sites for hydroxylation is 1. The largest absolute Gasteiger partial charge is 0.496 e. The van der Waals surface area contributed by atoms with Crippen molar-refractivity contribution in [2.75, 3.05) is 13.7 Å². The average molecular weight is 283 g/mol. The normalized spacial score (nSPS) is 12.1. The maximum Gasteiger partial charge on any atom is 0.123 e. The average Bonchev–Trinajstić information content (AvgIpc) is 2.53. The minimum atomic E-state index is 0.281. The molecule has 2 heteroatoms. The fourth-order valence-corrected chi connectivity index (χ4v) is 2.52. The first kappa shape index (κ1) is 15.6. The van der Waals surface area contributed by atoms with Crippen molar-refractivity contribution in [1.82, 2.24) is 5.32 Å². The van der Waals surface area contributed by atoms with Crippen LogP contribution in [0.25, 0.3) is 0 Å². The molecule has 0 aliphatic rings. The Morgan fingerprint density at radius 1 is 1.05 bits per heavy atom. The van der Waals surface area contributed by atoms with Gasteiger partial charge in [0.05, 0.1) is 7.11 Å². The highest BCUT2D eigenvalue weighted by atomic mass is 16.5. The summed E-state index contributed by atoms with van der Waals surface area (Å²) in [7, 11) is 1.74. The van der Waals surface area contributed by atoms with Crippen LogP contribution >= 0.6 is 0 Å². The van der Waals surface area contributed by atoms with E-state index in [1.165, 1.54) is 16.7 Å². The van der Waals surface area contributed by atoms with Crippen LogP contribution < -0.4 is 10.1 Å². The SMILES string of the molecule is CCCNC(Cc1ccc(C)cc1)c1ccccc1OC. The molecule has 0 aliphatic heterocycles. The first-order valence-corrected chi connectivity index (χ1v) is 7.66. The van der Waals surface area contributed by atoms with Crippen molar-refractivity contribution in [1.29, 1.82) is 0 Å². The molecule has 21 heavy (non-hydrogen) atoms. The summed E-state index contributed by atoms with van der Waals surface area (Å²) in [4.78, 5) is 0. The van der Waals surface area contributed by atoms with E-state index in [0.29, 0.717) is 0 Å². The predicted molar refractivity (Wildman–Crippen MR) is 88.9 cm³/mol. The molecule has 2 nitrogen and oxygen atoms in total. The van der Waals surface area contributed by atoms with Gasteiger partial charge in [-0.1, -0.05) is 55.0 Å². The fourth-order valence-electron chi connectivity index (χ4n) is 2.52. The van der Waals surface area contributed by atoms with Gasteiger partial charge in [-0.2, -0.15) is 0 Å². The molecule has 2 aromatic rings. The molecule has 0 heterocycles. The third-order valence-corrected chi connectivity index (χ3v) is 3.72. The molecule has 0 amide bonds. The van der Waals surface area contributed by atoms with Gasteiger partial charge in [-0.25, -0.2) is 0 Å². The molecule has 1 N–H and O–H groups in total. The Bertz CT molecular complexity index is 548. The summed E-state index contributed by atoms with van der Waals surface area (Å²) in [6, 6.07) is 17.3. The highest BCUT2D eigenvalue weighted by Gasteiger charge is 2.15. The summed E-state index contributed by atoms with van der Waals surface area (Å²) in [5.41, 5.74) is 3.88. The van der Waals surface area contributed by atoms with Gasteiger partial charge in [-0.3, -0.25) is 0 Å². The lowest BCUT2D eigenvalue weighted by Gasteiger charge is -2.21. The van der Waals surface area contributed by atoms with Crippen LogP contribution in [-0.2, 0) is 6.42 Å². The molecule has 0 fully saturated rings. The Morgan fingerprint density at radius 2 is 1.76 bits per heavy atom. The Balaban J connectivity index is 2.23. The Hall–Kier alpha value is -1.80. The van der Waals surface area contributed by atoms with Gasteiger partial charge in [0.15, 0.2) is 0 Å². The van der Waals surface area contributed by atoms with Gasteiger partial charge in [0, 0.05) is 11.6 Å². The quantitative estimate of drug-likeness (QED) is 0.818. The van der Waals surface area contributed by atoms with E-state index in [1.807, 2.05) is 12.1 Å². The van der Waals surface area contributed by atoms with Crippen molar-refractivity contribution in [3.63, 3.8) is 0 Å². The zero-order valence-corrected chi connectivity index (χ0v) is 13.2. The molecule has 1 unspecified atom stereocenters. The molecule has 0 saturated carbocycles. The zero-order chi connectivity index (χ0) is 15.1. The second kappa shape index (κ2) is 7.84. The number of nitrogens with one attached hydrogen (secondary N) is 1. The summed E-state index contributed by atoms with van der Waals surface area (Å²) >= 11 is 0. The second-order valence-electron chi connectivity index (χ2n) is 5.44. The standard InChI is InChI=1S/C19H25NO/c1-4-13-20-18(14-16-11-9-15(2)10-12-16)17-7-5-6-8-19(17)21-3/h5-12,18,20H,4,13-14H2,1-3H3. The predicted octanol–water partition coefficient (Wildman–Crippen LogP) is 4.29. The van der Waals surface area contributed by atoms with E-state index in [-0.39, 0.29) is 6.04 Å². The van der Waals surface area contributed by atoms with E-state index in [9.17, 15) is 0 Å². The lowest BCUT2D eigenvalue weighted by molar-refractivity contribution is 0.398. The van der Waals surface area contributed by atoms with Gasteiger partial charge in [0.25, 0.3) is 0 Å². The molecule has 1 atom stereocenters. The summed E-state index contributed by atoms with van der Waals surface area (Å²) in [6.45, 7) is 5.32. The van der Waals surface area contributed by atoms with E-state index in [1.54, 1.807) is 7.11 Å². The van der Waals surface area contributed by atoms with Crippen molar-refractivity contribution < 1.29 is 4.74 Å². The van der Waals surface area contributed by atoms with Crippen LogP contribution in [0.2, 0.25) is 0 Å². The maximum atomic E-state index is 5.52. The van der Waals surface area contributed by atoms with Gasteiger partial charge in [-0.05, 0) is 37.9 Å². The van der Waals surface area contributed by atoms with Crippen LogP contribution in [0.15, 0.2) is 48.5 Å². The van der Waals surface area contributed by atoms with Gasteiger partial charge in [0.1, 0.15) is 5.75 Å². The number of hydrogen-bond acceptors (Lipinski definition) is 2. The second-order valence-corrected chi connectivity index (χ2v) is 5.44. The molecule has 0 bridgehead atoms. The first-order chi connectivity index (χ1) is 10.2. The Labute approximate surface area is 128 Å². The van der Waals surface area contributed by atoms with Crippen molar-refractivity contribution in [3.05, 3.63) is 65.2 Å². The molecule has 2 rings (SSSR count). The molecule has 0 spiro atoms. The van der Waals surface area contributed by atoms with Crippen LogP contribution in [0.4, 0.5) is 0 Å². The molecular formula is C19H25NO. The molecule has 112 valence electrons. The highest BCUT2D eigenvalue weighted by molar-refractivity contribution is 5.37. The minimum absolute atomic E-state index is 0.281. The third-order valence-electron chi connectivity index (χ3n) is 3.72. The number of hydrogen-bond donors (Lipinski definition) is 1. The smallest absolute Gasteiger partial charge is 0.123 e. The lowest BCUT2D eigenvalue weighted by Crippen LogP contribution is -2.24. The van der Waals surface area contributed by atoms with E-state index in [0.717, 1.165) is 25.1 Å². The van der Waals surface area contributed by atoms with Crippen molar-refractivity contribution in [3.8, 4) is 5.75 Å². The van der Waals surface area contributed by atoms with Crippen molar-refractivity contribution >= 4 is 0 Å². The molecule has 2 aromatic carbocycles. The van der Waals surface area contributed by atoms with Crippen LogP contribution in [0.5, 0.6) is 5.75 Å². The van der Waals surface area contributed by atoms with Crippen LogP contribution in [0.3, 0.4) is 0 Å². The van der Waals surface area contributed by atoms with E-state index in [2.05, 4.69) is 55.6 Å². The van der Waals surface area contributed by atoms with Gasteiger partial charge >= 0.3 is 0 Å². The maximum absolute atomic E-state index is 5.52. The number of benzene rings is 2. The summed E-state index contributed by atoms with van der Waals surface area (Å²) in [6.07, 6.45) is 2.10. The van der Waals surface area contributed by atoms with Crippen LogP contribution in [0, 0.1) is 6.92 Å². The number of para-hydroxylation sites is 1. The molecule has 0 aliphatic carbocycles. The monoisotopic (exact) mass is 283 g/mol. The van der Waals surface area contributed by atoms with Crippen LogP contribution in [0.1, 0.15) is 36.1 Å². The van der Waals surface area contributed by atoms with Crippen LogP contribution in [-0.4, -0.2) is 13.7 Å². The zero-order valence-electron chi connectivity index (χ0n) is 13.2. The van der Waals surface area contributed by atoms with E-state index < -0.39 is 0 Å². The first-order valence-electron chi connectivity index (χ1n) is 7.66. The van der Waals surface area contributed by atoms with Crippen molar-refractivity contribution in [2.24, 2.45) is 0 Å².